The Hall–Kier alpha value is -3.08. The van der Waals surface area contributed by atoms with Gasteiger partial charge in [-0.15, -0.1) is 0 Å². The predicted molar refractivity (Wildman–Crippen MR) is 93.4 cm³/mol. The monoisotopic (exact) mass is 399 g/mol. The van der Waals surface area contributed by atoms with Crippen molar-refractivity contribution in [1.82, 2.24) is 5.32 Å². The maximum absolute atomic E-state index is 13.5. The van der Waals surface area contributed by atoms with Gasteiger partial charge in [-0.05, 0) is 24.3 Å². The molecular weight excluding hydrogens is 384 g/mol. The number of hydrogen-bond donors (Lipinski definition) is 2. The van der Waals surface area contributed by atoms with Crippen LogP contribution in [-0.4, -0.2) is 38.6 Å². The highest BCUT2D eigenvalue weighted by Crippen LogP contribution is 2.27. The third-order valence-corrected chi connectivity index (χ3v) is 4.61. The lowest BCUT2D eigenvalue weighted by Gasteiger charge is -2.10. The second-order valence-corrected chi connectivity index (χ2v) is 7.53. The summed E-state index contributed by atoms with van der Waals surface area (Å²) in [5.41, 5.74) is -0.705. The minimum atomic E-state index is -3.60. The Morgan fingerprint density at radius 3 is 2.44 bits per heavy atom. The minimum absolute atomic E-state index is 0.0133. The van der Waals surface area contributed by atoms with E-state index in [1.807, 2.05) is 0 Å². The first-order valence-electron chi connectivity index (χ1n) is 7.55. The molecule has 0 aliphatic carbocycles. The molecule has 2 aromatic rings. The molecule has 0 atom stereocenters. The molecule has 27 heavy (non-hydrogen) atoms. The Morgan fingerprint density at radius 1 is 1.15 bits per heavy atom. The molecule has 2 N–H and O–H groups in total. The standard InChI is InChI=1S/C16H15F2N3O5S/c1-27(25,26)11-3-5-14(15(9-11)21(23)24)19-6-7-20-16(22)12-4-2-10(17)8-13(12)18/h2-5,8-9,19H,6-7H2,1H3,(H,20,22). The van der Waals surface area contributed by atoms with Crippen molar-refractivity contribution in [3.05, 3.63) is 63.7 Å². The van der Waals surface area contributed by atoms with Crippen LogP contribution < -0.4 is 10.6 Å². The number of hydrogen-bond acceptors (Lipinski definition) is 6. The van der Waals surface area contributed by atoms with Gasteiger partial charge in [0.05, 0.1) is 15.4 Å². The first-order valence-corrected chi connectivity index (χ1v) is 9.44. The van der Waals surface area contributed by atoms with Crippen LogP contribution in [0.3, 0.4) is 0 Å². The van der Waals surface area contributed by atoms with E-state index in [1.54, 1.807) is 0 Å². The van der Waals surface area contributed by atoms with Crippen molar-refractivity contribution in [3.8, 4) is 0 Å². The van der Waals surface area contributed by atoms with Gasteiger partial charge in [-0.3, -0.25) is 14.9 Å². The van der Waals surface area contributed by atoms with Gasteiger partial charge < -0.3 is 10.6 Å². The number of sulfone groups is 1. The molecule has 0 saturated heterocycles. The first kappa shape index (κ1) is 20.2. The molecule has 8 nitrogen and oxygen atoms in total. The van der Waals surface area contributed by atoms with Crippen molar-refractivity contribution >= 4 is 27.1 Å². The summed E-state index contributed by atoms with van der Waals surface area (Å²) in [5, 5.41) is 16.2. The summed E-state index contributed by atoms with van der Waals surface area (Å²) in [4.78, 5) is 22.0. The Morgan fingerprint density at radius 2 is 1.85 bits per heavy atom. The van der Waals surface area contributed by atoms with Gasteiger partial charge in [-0.1, -0.05) is 0 Å². The highest BCUT2D eigenvalue weighted by atomic mass is 32.2. The van der Waals surface area contributed by atoms with E-state index in [0.29, 0.717) is 6.07 Å². The van der Waals surface area contributed by atoms with Crippen LogP contribution in [0.5, 0.6) is 0 Å². The number of nitro groups is 1. The number of nitrogens with zero attached hydrogens (tertiary/aromatic N) is 1. The Labute approximate surface area is 153 Å². The number of amides is 1. The number of rotatable bonds is 7. The Bertz CT molecular complexity index is 996. The zero-order valence-electron chi connectivity index (χ0n) is 14.0. The normalized spacial score (nSPS) is 11.1. The number of benzene rings is 2. The maximum atomic E-state index is 13.5. The van der Waals surface area contributed by atoms with Crippen molar-refractivity contribution in [1.29, 1.82) is 0 Å². The number of halogens is 2. The van der Waals surface area contributed by atoms with Crippen LogP contribution in [0.1, 0.15) is 10.4 Å². The fraction of sp³-hybridized carbons (Fsp3) is 0.188. The fourth-order valence-corrected chi connectivity index (χ4v) is 2.83. The van der Waals surface area contributed by atoms with E-state index in [0.717, 1.165) is 24.5 Å². The number of nitrogens with one attached hydrogen (secondary N) is 2. The van der Waals surface area contributed by atoms with Crippen LogP contribution in [-0.2, 0) is 9.84 Å². The average Bonchev–Trinajstić information content (AvgIpc) is 2.57. The van der Waals surface area contributed by atoms with Gasteiger partial charge in [-0.2, -0.15) is 0 Å². The van der Waals surface area contributed by atoms with Crippen LogP contribution in [0.4, 0.5) is 20.2 Å². The van der Waals surface area contributed by atoms with E-state index >= 15 is 0 Å². The van der Waals surface area contributed by atoms with Crippen molar-refractivity contribution in [2.75, 3.05) is 24.7 Å². The molecular formula is C16H15F2N3O5S. The third kappa shape index (κ3) is 5.20. The second-order valence-electron chi connectivity index (χ2n) is 5.52. The van der Waals surface area contributed by atoms with Gasteiger partial charge in [0.25, 0.3) is 11.6 Å². The van der Waals surface area contributed by atoms with E-state index in [2.05, 4.69) is 10.6 Å². The van der Waals surface area contributed by atoms with Gasteiger partial charge in [0.15, 0.2) is 9.84 Å². The average molecular weight is 399 g/mol. The number of nitro benzene ring substituents is 1. The third-order valence-electron chi connectivity index (χ3n) is 3.50. The number of carbonyl (C=O) groups is 1. The minimum Gasteiger partial charge on any atom is -0.378 e. The van der Waals surface area contributed by atoms with E-state index in [1.165, 1.54) is 12.1 Å². The molecule has 144 valence electrons. The van der Waals surface area contributed by atoms with Crippen molar-refractivity contribution in [3.63, 3.8) is 0 Å². The van der Waals surface area contributed by atoms with Crippen LogP contribution in [0, 0.1) is 21.7 Å². The van der Waals surface area contributed by atoms with Gasteiger partial charge in [0.1, 0.15) is 17.3 Å². The zero-order valence-corrected chi connectivity index (χ0v) is 14.8. The van der Waals surface area contributed by atoms with Gasteiger partial charge in [-0.25, -0.2) is 17.2 Å². The molecule has 0 aliphatic heterocycles. The quantitative estimate of drug-likeness (QED) is 0.418. The summed E-state index contributed by atoms with van der Waals surface area (Å²) < 4.78 is 49.3. The molecule has 0 spiro atoms. The molecule has 1 amide bonds. The lowest BCUT2D eigenvalue weighted by molar-refractivity contribution is -0.384. The highest BCUT2D eigenvalue weighted by molar-refractivity contribution is 7.90. The van der Waals surface area contributed by atoms with Crippen LogP contribution >= 0.6 is 0 Å². The molecule has 2 rings (SSSR count). The summed E-state index contributed by atoms with van der Waals surface area (Å²) in [6, 6.07) is 5.93. The zero-order chi connectivity index (χ0) is 20.2. The van der Waals surface area contributed by atoms with Gasteiger partial charge in [0, 0.05) is 31.5 Å². The summed E-state index contributed by atoms with van der Waals surface area (Å²) in [6.45, 7) is 0.0360. The largest absolute Gasteiger partial charge is 0.378 e. The molecule has 2 aromatic carbocycles. The molecule has 0 aliphatic rings. The van der Waals surface area contributed by atoms with Gasteiger partial charge in [0.2, 0.25) is 0 Å². The second kappa shape index (κ2) is 8.08. The molecule has 0 heterocycles. The SMILES string of the molecule is CS(=O)(=O)c1ccc(NCCNC(=O)c2ccc(F)cc2F)c([N+](=O)[O-])c1. The lowest BCUT2D eigenvalue weighted by atomic mass is 10.2. The molecule has 0 saturated carbocycles. The maximum Gasteiger partial charge on any atom is 0.293 e. The summed E-state index contributed by atoms with van der Waals surface area (Å²) in [5.74, 6) is -2.58. The lowest BCUT2D eigenvalue weighted by Crippen LogP contribution is -2.29. The highest BCUT2D eigenvalue weighted by Gasteiger charge is 2.18. The number of carbonyl (C=O) groups excluding carboxylic acids is 1. The van der Waals surface area contributed by atoms with Crippen LogP contribution in [0.2, 0.25) is 0 Å². The summed E-state index contributed by atoms with van der Waals surface area (Å²) >= 11 is 0. The smallest absolute Gasteiger partial charge is 0.293 e. The molecule has 0 unspecified atom stereocenters. The first-order chi connectivity index (χ1) is 12.6. The van der Waals surface area contributed by atoms with Crippen molar-refractivity contribution < 1.29 is 26.9 Å². The summed E-state index contributed by atoms with van der Waals surface area (Å²) in [6.07, 6.45) is 0.934. The Kier molecular flexibility index (Phi) is 6.05. The summed E-state index contributed by atoms with van der Waals surface area (Å²) in [7, 11) is -3.60. The van der Waals surface area contributed by atoms with E-state index < -0.39 is 38.0 Å². The molecule has 11 heteroatoms. The Balaban J connectivity index is 2.00. The number of anilines is 1. The predicted octanol–water partition coefficient (Wildman–Crippen LogP) is 2.12. The van der Waals surface area contributed by atoms with Crippen molar-refractivity contribution in [2.24, 2.45) is 0 Å². The van der Waals surface area contributed by atoms with Gasteiger partial charge >= 0.3 is 0 Å². The molecule has 0 fully saturated rings. The molecule has 0 radical (unpaired) electrons. The molecule has 0 bridgehead atoms. The molecule has 0 aromatic heterocycles. The van der Waals surface area contributed by atoms with Crippen molar-refractivity contribution in [2.45, 2.75) is 4.90 Å². The van der Waals surface area contributed by atoms with Crippen LogP contribution in [0.15, 0.2) is 41.3 Å². The topological polar surface area (TPSA) is 118 Å². The van der Waals surface area contributed by atoms with Crippen LogP contribution in [0.25, 0.3) is 0 Å². The van der Waals surface area contributed by atoms with E-state index in [-0.39, 0.29) is 29.2 Å². The fourth-order valence-electron chi connectivity index (χ4n) is 2.18. The van der Waals surface area contributed by atoms with E-state index in [4.69, 9.17) is 0 Å². The van der Waals surface area contributed by atoms with E-state index in [9.17, 15) is 32.1 Å².